The SMILES string of the molecule is CC1CCCC(N)(C(=O)N2CCCCC2C(=O)O)C1. The van der Waals surface area contributed by atoms with Crippen molar-refractivity contribution in [3.05, 3.63) is 0 Å². The third-order valence-electron chi connectivity index (χ3n) is 4.51. The highest BCUT2D eigenvalue weighted by Gasteiger charge is 2.44. The highest BCUT2D eigenvalue weighted by atomic mass is 16.4. The Labute approximate surface area is 114 Å². The second-order valence-corrected chi connectivity index (χ2v) is 6.21. The molecule has 0 aromatic carbocycles. The zero-order valence-electron chi connectivity index (χ0n) is 11.6. The van der Waals surface area contributed by atoms with Gasteiger partial charge in [-0.1, -0.05) is 19.8 Å². The van der Waals surface area contributed by atoms with Gasteiger partial charge >= 0.3 is 5.97 Å². The van der Waals surface area contributed by atoms with Crippen molar-refractivity contribution >= 4 is 11.9 Å². The summed E-state index contributed by atoms with van der Waals surface area (Å²) in [5, 5.41) is 9.26. The molecule has 19 heavy (non-hydrogen) atoms. The molecule has 0 radical (unpaired) electrons. The predicted octanol–water partition coefficient (Wildman–Crippen LogP) is 1.36. The van der Waals surface area contributed by atoms with E-state index in [1.54, 1.807) is 0 Å². The number of carbonyl (C=O) groups excluding carboxylic acids is 1. The summed E-state index contributed by atoms with van der Waals surface area (Å²) in [4.78, 5) is 25.5. The summed E-state index contributed by atoms with van der Waals surface area (Å²) in [7, 11) is 0. The van der Waals surface area contributed by atoms with Crippen LogP contribution in [0.1, 0.15) is 51.9 Å². The molecule has 3 unspecified atom stereocenters. The molecule has 5 nitrogen and oxygen atoms in total. The first-order valence-corrected chi connectivity index (χ1v) is 7.27. The molecular weight excluding hydrogens is 244 g/mol. The molecule has 3 atom stereocenters. The second kappa shape index (κ2) is 5.49. The molecule has 1 saturated carbocycles. The Kier molecular flexibility index (Phi) is 4.13. The third-order valence-corrected chi connectivity index (χ3v) is 4.51. The molecule has 2 aliphatic rings. The van der Waals surface area contributed by atoms with E-state index in [0.717, 1.165) is 25.7 Å². The normalized spacial score (nSPS) is 36.0. The molecule has 5 heteroatoms. The van der Waals surface area contributed by atoms with E-state index >= 15 is 0 Å². The third kappa shape index (κ3) is 2.91. The van der Waals surface area contributed by atoms with E-state index in [9.17, 15) is 14.7 Å². The van der Waals surface area contributed by atoms with Gasteiger partial charge in [0.2, 0.25) is 5.91 Å². The van der Waals surface area contributed by atoms with Gasteiger partial charge in [-0.15, -0.1) is 0 Å². The lowest BCUT2D eigenvalue weighted by Gasteiger charge is -2.42. The minimum Gasteiger partial charge on any atom is -0.480 e. The number of amides is 1. The molecule has 1 saturated heterocycles. The predicted molar refractivity (Wildman–Crippen MR) is 71.5 cm³/mol. The Morgan fingerprint density at radius 2 is 2.00 bits per heavy atom. The quantitative estimate of drug-likeness (QED) is 0.792. The number of rotatable bonds is 2. The van der Waals surface area contributed by atoms with Crippen LogP contribution in [0.15, 0.2) is 0 Å². The van der Waals surface area contributed by atoms with E-state index in [1.165, 1.54) is 4.90 Å². The number of carboxylic acids is 1. The van der Waals surface area contributed by atoms with E-state index in [2.05, 4.69) is 6.92 Å². The van der Waals surface area contributed by atoms with Crippen LogP contribution in [0.3, 0.4) is 0 Å². The summed E-state index contributed by atoms with van der Waals surface area (Å²) in [5.74, 6) is -0.609. The van der Waals surface area contributed by atoms with Crippen molar-refractivity contribution in [2.75, 3.05) is 6.54 Å². The van der Waals surface area contributed by atoms with Gasteiger partial charge in [-0.05, 0) is 38.0 Å². The fourth-order valence-corrected chi connectivity index (χ4v) is 3.50. The molecule has 0 aromatic heterocycles. The average Bonchev–Trinajstić information content (AvgIpc) is 2.37. The number of likely N-dealkylation sites (tertiary alicyclic amines) is 1. The maximum atomic E-state index is 12.7. The summed E-state index contributed by atoms with van der Waals surface area (Å²) >= 11 is 0. The summed E-state index contributed by atoms with van der Waals surface area (Å²) in [6.07, 6.45) is 5.71. The Bertz CT molecular complexity index is 372. The molecule has 2 rings (SSSR count). The minimum atomic E-state index is -0.902. The summed E-state index contributed by atoms with van der Waals surface area (Å²) in [6.45, 7) is 2.64. The molecule has 2 fully saturated rings. The standard InChI is InChI=1S/C14H24N2O3/c1-10-5-4-7-14(15,9-10)13(19)16-8-3-2-6-11(16)12(17)18/h10-11H,2-9,15H2,1H3,(H,17,18). The molecule has 1 aliphatic carbocycles. The molecule has 1 amide bonds. The number of aliphatic carboxylic acids is 1. The van der Waals surface area contributed by atoms with Crippen molar-refractivity contribution in [1.82, 2.24) is 4.90 Å². The van der Waals surface area contributed by atoms with Crippen molar-refractivity contribution in [2.24, 2.45) is 11.7 Å². The smallest absolute Gasteiger partial charge is 0.326 e. The maximum Gasteiger partial charge on any atom is 0.326 e. The van der Waals surface area contributed by atoms with Gasteiger partial charge in [0.05, 0.1) is 5.54 Å². The zero-order valence-corrected chi connectivity index (χ0v) is 11.6. The van der Waals surface area contributed by atoms with Crippen LogP contribution in [-0.2, 0) is 9.59 Å². The highest BCUT2D eigenvalue weighted by Crippen LogP contribution is 2.33. The molecule has 0 bridgehead atoms. The number of carbonyl (C=O) groups is 2. The Hall–Kier alpha value is -1.10. The van der Waals surface area contributed by atoms with Crippen molar-refractivity contribution in [2.45, 2.75) is 63.5 Å². The van der Waals surface area contributed by atoms with E-state index < -0.39 is 17.6 Å². The van der Waals surface area contributed by atoms with Gasteiger partial charge in [-0.25, -0.2) is 4.79 Å². The lowest BCUT2D eigenvalue weighted by Crippen LogP contribution is -2.61. The topological polar surface area (TPSA) is 83.6 Å². The van der Waals surface area contributed by atoms with Crippen LogP contribution in [0.25, 0.3) is 0 Å². The fourth-order valence-electron chi connectivity index (χ4n) is 3.50. The summed E-state index contributed by atoms with van der Waals surface area (Å²) in [6, 6.07) is -0.682. The molecule has 1 heterocycles. The number of hydrogen-bond acceptors (Lipinski definition) is 3. The average molecular weight is 268 g/mol. The largest absolute Gasteiger partial charge is 0.480 e. The minimum absolute atomic E-state index is 0.147. The van der Waals surface area contributed by atoms with Gasteiger partial charge in [0, 0.05) is 6.54 Å². The Morgan fingerprint density at radius 3 is 2.63 bits per heavy atom. The van der Waals surface area contributed by atoms with E-state index in [0.29, 0.717) is 31.7 Å². The first-order chi connectivity index (χ1) is 8.94. The summed E-state index contributed by atoms with van der Waals surface area (Å²) in [5.41, 5.74) is 5.46. The van der Waals surface area contributed by atoms with Crippen molar-refractivity contribution in [3.8, 4) is 0 Å². The molecule has 0 aromatic rings. The highest BCUT2D eigenvalue weighted by molar-refractivity contribution is 5.90. The van der Waals surface area contributed by atoms with Crippen molar-refractivity contribution in [1.29, 1.82) is 0 Å². The van der Waals surface area contributed by atoms with Gasteiger partial charge in [-0.3, -0.25) is 4.79 Å². The van der Waals surface area contributed by atoms with Gasteiger partial charge in [-0.2, -0.15) is 0 Å². The zero-order chi connectivity index (χ0) is 14.0. The van der Waals surface area contributed by atoms with Crippen molar-refractivity contribution < 1.29 is 14.7 Å². The van der Waals surface area contributed by atoms with Crippen LogP contribution in [0.4, 0.5) is 0 Å². The molecular formula is C14H24N2O3. The monoisotopic (exact) mass is 268 g/mol. The van der Waals surface area contributed by atoms with Gasteiger partial charge in [0.15, 0.2) is 0 Å². The van der Waals surface area contributed by atoms with Gasteiger partial charge in [0.1, 0.15) is 6.04 Å². The summed E-state index contributed by atoms with van der Waals surface area (Å²) < 4.78 is 0. The van der Waals surface area contributed by atoms with Crippen LogP contribution in [0.5, 0.6) is 0 Å². The van der Waals surface area contributed by atoms with Gasteiger partial charge < -0.3 is 15.7 Å². The lowest BCUT2D eigenvalue weighted by molar-refractivity contribution is -0.155. The number of hydrogen-bond donors (Lipinski definition) is 2. The van der Waals surface area contributed by atoms with Crippen LogP contribution in [0, 0.1) is 5.92 Å². The number of piperidine rings is 1. The van der Waals surface area contributed by atoms with E-state index in [1.807, 2.05) is 0 Å². The maximum absolute atomic E-state index is 12.7. The van der Waals surface area contributed by atoms with Gasteiger partial charge in [0.25, 0.3) is 0 Å². The molecule has 0 spiro atoms. The van der Waals surface area contributed by atoms with E-state index in [-0.39, 0.29) is 5.91 Å². The Balaban J connectivity index is 2.14. The number of nitrogens with zero attached hydrogens (tertiary/aromatic N) is 1. The number of carboxylic acid groups (broad SMARTS) is 1. The van der Waals surface area contributed by atoms with Crippen LogP contribution in [0.2, 0.25) is 0 Å². The first-order valence-electron chi connectivity index (χ1n) is 7.27. The van der Waals surface area contributed by atoms with Crippen LogP contribution < -0.4 is 5.73 Å². The molecule has 1 aliphatic heterocycles. The first kappa shape index (κ1) is 14.3. The Morgan fingerprint density at radius 1 is 1.26 bits per heavy atom. The lowest BCUT2D eigenvalue weighted by atomic mass is 9.76. The van der Waals surface area contributed by atoms with E-state index in [4.69, 9.17) is 5.73 Å². The molecule has 3 N–H and O–H groups in total. The van der Waals surface area contributed by atoms with Crippen LogP contribution >= 0.6 is 0 Å². The molecule has 108 valence electrons. The van der Waals surface area contributed by atoms with Crippen molar-refractivity contribution in [3.63, 3.8) is 0 Å². The number of nitrogens with two attached hydrogens (primary N) is 1. The second-order valence-electron chi connectivity index (χ2n) is 6.21. The van der Waals surface area contributed by atoms with Crippen LogP contribution in [-0.4, -0.2) is 40.0 Å². The fraction of sp³-hybridized carbons (Fsp3) is 0.857.